The summed E-state index contributed by atoms with van der Waals surface area (Å²) in [5.41, 5.74) is 1.53. The first-order valence-electron chi connectivity index (χ1n) is 8.70. The number of hydrogen-bond donors (Lipinski definition) is 2. The zero-order valence-corrected chi connectivity index (χ0v) is 15.9. The van der Waals surface area contributed by atoms with Gasteiger partial charge in [-0.05, 0) is 50.6 Å². The average Bonchev–Trinajstić information content (AvgIpc) is 2.60. The fraction of sp³-hybridized carbons (Fsp3) is 0.368. The molecule has 1 aromatic carbocycles. The number of nitrogens with one attached hydrogen (secondary N) is 2. The Hall–Kier alpha value is -2.91. The van der Waals surface area contributed by atoms with Gasteiger partial charge in [0.1, 0.15) is 11.6 Å². The summed E-state index contributed by atoms with van der Waals surface area (Å²) < 4.78 is 66.2. The Bertz CT molecular complexity index is 854. The zero-order valence-electron chi connectivity index (χ0n) is 15.9. The molecule has 0 aliphatic rings. The number of ether oxygens (including phenoxy) is 1. The molecule has 10 heteroatoms. The molecule has 1 unspecified atom stereocenters. The molecule has 1 atom stereocenters. The summed E-state index contributed by atoms with van der Waals surface area (Å²) in [6, 6.07) is 7.24. The molecule has 0 saturated carbocycles. The Labute approximate surface area is 164 Å². The molecule has 5 nitrogen and oxygen atoms in total. The molecule has 0 aliphatic carbocycles. The molecule has 158 valence electrons. The van der Waals surface area contributed by atoms with Crippen LogP contribution in [0.2, 0.25) is 0 Å². The first-order valence-corrected chi connectivity index (χ1v) is 8.70. The van der Waals surface area contributed by atoms with Gasteiger partial charge in [0, 0.05) is 17.8 Å². The fourth-order valence-corrected chi connectivity index (χ4v) is 2.47. The zero-order chi connectivity index (χ0) is 21.8. The monoisotopic (exact) mass is 417 g/mol. The van der Waals surface area contributed by atoms with Crippen LogP contribution in [0.25, 0.3) is 0 Å². The Morgan fingerprint density at radius 2 is 1.76 bits per heavy atom. The van der Waals surface area contributed by atoms with Gasteiger partial charge >= 0.3 is 12.3 Å². The molecule has 0 fully saturated rings. The number of carbonyl (C=O) groups excluding carboxylic acids is 1. The predicted octanol–water partition coefficient (Wildman–Crippen LogP) is 4.85. The quantitative estimate of drug-likeness (QED) is 0.633. The summed E-state index contributed by atoms with van der Waals surface area (Å²) in [5, 5.41) is 5.76. The van der Waals surface area contributed by atoms with E-state index in [0.717, 1.165) is 12.1 Å². The summed E-state index contributed by atoms with van der Waals surface area (Å²) in [6.07, 6.45) is -11.1. The van der Waals surface area contributed by atoms with Gasteiger partial charge in [-0.15, -0.1) is 0 Å². The summed E-state index contributed by atoms with van der Waals surface area (Å²) >= 11 is 0. The number of anilines is 1. The third-order valence-electron chi connectivity index (χ3n) is 3.88. The molecule has 0 aliphatic heterocycles. The average molecular weight is 417 g/mol. The van der Waals surface area contributed by atoms with Crippen LogP contribution < -0.4 is 15.4 Å². The molecule has 1 aromatic heterocycles. The number of pyridine rings is 1. The number of alkyl halides is 5. The maximum absolute atomic E-state index is 12.9. The Morgan fingerprint density at radius 1 is 1.14 bits per heavy atom. The number of carbonyl (C=O) groups is 1. The van der Waals surface area contributed by atoms with Gasteiger partial charge in [-0.25, -0.2) is 4.98 Å². The number of aryl methyl sites for hydroxylation is 1. The van der Waals surface area contributed by atoms with Crippen LogP contribution in [-0.2, 0) is 0 Å². The minimum atomic E-state index is -5.82. The van der Waals surface area contributed by atoms with Crippen LogP contribution in [-0.4, -0.2) is 29.7 Å². The largest absolute Gasteiger partial charge is 0.499 e. The highest BCUT2D eigenvalue weighted by Crippen LogP contribution is 2.37. The minimum Gasteiger partial charge on any atom is -0.426 e. The van der Waals surface area contributed by atoms with Crippen LogP contribution in [0.3, 0.4) is 0 Å². The number of aromatic nitrogens is 1. The van der Waals surface area contributed by atoms with Crippen LogP contribution in [0.4, 0.5) is 27.8 Å². The number of hydrogen-bond acceptors (Lipinski definition) is 4. The van der Waals surface area contributed by atoms with Gasteiger partial charge in [0.15, 0.2) is 0 Å². The van der Waals surface area contributed by atoms with Crippen molar-refractivity contribution in [3.63, 3.8) is 0 Å². The van der Waals surface area contributed by atoms with Crippen LogP contribution >= 0.6 is 0 Å². The molecular weight excluding hydrogens is 397 g/mol. The smallest absolute Gasteiger partial charge is 0.426 e. The molecule has 1 amide bonds. The van der Waals surface area contributed by atoms with Crippen LogP contribution in [0.5, 0.6) is 5.75 Å². The SMILES string of the molecule is CCNc1cc(C(=O)NC(C)c2ccc(OC(F)(F)C(F)(F)F)cc2)cc(C)n1. The number of rotatable bonds is 7. The Morgan fingerprint density at radius 3 is 2.31 bits per heavy atom. The van der Waals surface area contributed by atoms with E-state index in [1.807, 2.05) is 6.92 Å². The van der Waals surface area contributed by atoms with Crippen molar-refractivity contribution in [2.75, 3.05) is 11.9 Å². The summed E-state index contributed by atoms with van der Waals surface area (Å²) in [5.74, 6) is -0.474. The van der Waals surface area contributed by atoms with Crippen molar-refractivity contribution in [1.29, 1.82) is 0 Å². The van der Waals surface area contributed by atoms with Crippen molar-refractivity contribution < 1.29 is 31.5 Å². The molecule has 0 saturated heterocycles. The number of amides is 1. The summed E-state index contributed by atoms with van der Waals surface area (Å²) in [4.78, 5) is 16.7. The van der Waals surface area contributed by atoms with E-state index in [0.29, 0.717) is 29.2 Å². The third kappa shape index (κ3) is 5.78. The van der Waals surface area contributed by atoms with Crippen molar-refractivity contribution in [1.82, 2.24) is 10.3 Å². The highest BCUT2D eigenvalue weighted by atomic mass is 19.4. The van der Waals surface area contributed by atoms with Crippen molar-refractivity contribution in [3.05, 3.63) is 53.2 Å². The first-order chi connectivity index (χ1) is 13.4. The Kier molecular flexibility index (Phi) is 6.66. The maximum Gasteiger partial charge on any atom is 0.499 e. The predicted molar refractivity (Wildman–Crippen MR) is 97.1 cm³/mol. The molecule has 1 heterocycles. The maximum atomic E-state index is 12.9. The highest BCUT2D eigenvalue weighted by molar-refractivity contribution is 5.95. The second kappa shape index (κ2) is 8.62. The number of nitrogens with zero attached hydrogens (tertiary/aromatic N) is 1. The fourth-order valence-electron chi connectivity index (χ4n) is 2.47. The lowest BCUT2D eigenvalue weighted by atomic mass is 10.1. The van der Waals surface area contributed by atoms with Gasteiger partial charge in [-0.2, -0.15) is 22.0 Å². The van der Waals surface area contributed by atoms with Crippen LogP contribution in [0.1, 0.15) is 41.5 Å². The molecule has 2 aromatic rings. The van der Waals surface area contributed by atoms with Gasteiger partial charge in [0.2, 0.25) is 0 Å². The molecule has 0 radical (unpaired) electrons. The van der Waals surface area contributed by atoms with E-state index in [-0.39, 0.29) is 5.91 Å². The standard InChI is InChI=1S/C19H20F5N3O2/c1-4-25-16-10-14(9-11(2)26-16)17(28)27-12(3)13-5-7-15(8-6-13)29-19(23,24)18(20,21)22/h5-10,12H,4H2,1-3H3,(H,25,26)(H,27,28). The number of halogens is 5. The summed E-state index contributed by atoms with van der Waals surface area (Å²) in [6.45, 7) is 5.92. The van der Waals surface area contributed by atoms with Crippen LogP contribution in [0, 0.1) is 6.92 Å². The van der Waals surface area contributed by atoms with E-state index in [9.17, 15) is 26.7 Å². The highest BCUT2D eigenvalue weighted by Gasteiger charge is 2.61. The van der Waals surface area contributed by atoms with Crippen molar-refractivity contribution >= 4 is 11.7 Å². The van der Waals surface area contributed by atoms with E-state index in [2.05, 4.69) is 20.4 Å². The van der Waals surface area contributed by atoms with E-state index in [1.165, 1.54) is 12.1 Å². The Balaban J connectivity index is 2.08. The van der Waals surface area contributed by atoms with Crippen molar-refractivity contribution in [2.45, 2.75) is 39.1 Å². The molecule has 0 bridgehead atoms. The van der Waals surface area contributed by atoms with Gasteiger partial charge in [-0.3, -0.25) is 4.79 Å². The number of benzene rings is 1. The lowest BCUT2D eigenvalue weighted by Gasteiger charge is -2.20. The van der Waals surface area contributed by atoms with E-state index in [1.54, 1.807) is 26.0 Å². The topological polar surface area (TPSA) is 63.2 Å². The van der Waals surface area contributed by atoms with E-state index in [4.69, 9.17) is 0 Å². The van der Waals surface area contributed by atoms with E-state index >= 15 is 0 Å². The van der Waals surface area contributed by atoms with E-state index < -0.39 is 24.1 Å². The molecule has 29 heavy (non-hydrogen) atoms. The lowest BCUT2D eigenvalue weighted by Crippen LogP contribution is -2.41. The molecule has 2 rings (SSSR count). The first kappa shape index (κ1) is 22.4. The normalized spacial score (nSPS) is 13.0. The van der Waals surface area contributed by atoms with Gasteiger partial charge in [0.05, 0.1) is 6.04 Å². The minimum absolute atomic E-state index is 0.380. The van der Waals surface area contributed by atoms with Crippen molar-refractivity contribution in [3.8, 4) is 5.75 Å². The second-order valence-electron chi connectivity index (χ2n) is 6.29. The molecular formula is C19H20F5N3O2. The van der Waals surface area contributed by atoms with Gasteiger partial charge in [-0.1, -0.05) is 12.1 Å². The van der Waals surface area contributed by atoms with Crippen LogP contribution in [0.15, 0.2) is 36.4 Å². The second-order valence-corrected chi connectivity index (χ2v) is 6.29. The third-order valence-corrected chi connectivity index (χ3v) is 3.88. The molecule has 0 spiro atoms. The lowest BCUT2D eigenvalue weighted by molar-refractivity contribution is -0.360. The van der Waals surface area contributed by atoms with Crippen molar-refractivity contribution in [2.24, 2.45) is 0 Å². The van der Waals surface area contributed by atoms with Gasteiger partial charge in [0.25, 0.3) is 5.91 Å². The summed E-state index contributed by atoms with van der Waals surface area (Å²) in [7, 11) is 0. The van der Waals surface area contributed by atoms with Gasteiger partial charge < -0.3 is 15.4 Å². The molecule has 2 N–H and O–H groups in total.